The maximum atomic E-state index is 8.29. The highest BCUT2D eigenvalue weighted by Gasteiger charge is 2.29. The molecule has 0 radical (unpaired) electrons. The van der Waals surface area contributed by atoms with Gasteiger partial charge in [-0.3, -0.25) is 0 Å². The van der Waals surface area contributed by atoms with E-state index in [2.05, 4.69) is 61.8 Å². The van der Waals surface area contributed by atoms with Crippen molar-refractivity contribution < 1.29 is 12.8 Å². The maximum absolute atomic E-state index is 8.29. The maximum Gasteiger partial charge on any atom is 0.335 e. The van der Waals surface area contributed by atoms with Gasteiger partial charge in [0.2, 0.25) is 5.95 Å². The molecule has 6 rings (SSSR count). The molecule has 2 aliphatic heterocycles. The molecule has 9 nitrogen and oxygen atoms in total. The van der Waals surface area contributed by atoms with Gasteiger partial charge in [-0.05, 0) is 55.7 Å². The predicted molar refractivity (Wildman–Crippen MR) is 138 cm³/mol. The molecule has 0 saturated carbocycles. The summed E-state index contributed by atoms with van der Waals surface area (Å²) in [5.74, 6) is 2.11. The zero-order chi connectivity index (χ0) is 25.1. The van der Waals surface area contributed by atoms with Crippen molar-refractivity contribution >= 4 is 40.1 Å². The van der Waals surface area contributed by atoms with Crippen LogP contribution >= 0.6 is 0 Å². The van der Waals surface area contributed by atoms with Crippen molar-refractivity contribution in [2.75, 3.05) is 29.4 Å². The number of aryl methyl sites for hydroxylation is 2. The fourth-order valence-electron chi connectivity index (χ4n) is 5.17. The van der Waals surface area contributed by atoms with E-state index in [9.17, 15) is 0 Å². The number of piperidine rings is 1. The average molecular weight is 505 g/mol. The molecular weight excluding hydrogens is 476 g/mol. The number of fused-ring (bicyclic) bond motifs is 2. The molecule has 0 atom stereocenters. The Balaban J connectivity index is 0.000000848. The van der Waals surface area contributed by atoms with E-state index in [-0.39, 0.29) is 0 Å². The zero-order valence-electron chi connectivity index (χ0n) is 20.4. The van der Waals surface area contributed by atoms with Crippen LogP contribution in [0.1, 0.15) is 47.9 Å². The second-order valence-electron chi connectivity index (χ2n) is 9.17. The Bertz CT molecular complexity index is 1390. The molecule has 0 unspecified atom stereocenters. The lowest BCUT2D eigenvalue weighted by molar-refractivity contribution is 0.493. The van der Waals surface area contributed by atoms with Crippen molar-refractivity contribution in [2.45, 2.75) is 45.4 Å². The second-order valence-corrected chi connectivity index (χ2v) is 9.31. The summed E-state index contributed by atoms with van der Waals surface area (Å²) in [4.78, 5) is 22.9. The molecular formula is C26H28N6O3S. The molecule has 0 amide bonds. The highest BCUT2D eigenvalue weighted by molar-refractivity contribution is 7.51. The van der Waals surface area contributed by atoms with Gasteiger partial charge >= 0.3 is 11.6 Å². The van der Waals surface area contributed by atoms with E-state index in [0.29, 0.717) is 5.92 Å². The summed E-state index contributed by atoms with van der Waals surface area (Å²) in [6, 6.07) is 6.63. The van der Waals surface area contributed by atoms with Gasteiger partial charge in [-0.25, -0.2) is 19.9 Å². The highest BCUT2D eigenvalue weighted by atomic mass is 32.1. The standard InChI is InChI=1S/C26H28N6O.O2S/c1-3-18-13-27-26(28-14-18)31-9-6-19(7-10-31)21-15-33-24-23(21)29-16-30-25(24)32-11-8-20-12-17(2)4-5-22(20)32;1-3-2/h4-5,12-16,19H,3,6-11H2,1-2H3;. The van der Waals surface area contributed by atoms with Crippen molar-refractivity contribution in [1.82, 2.24) is 19.9 Å². The third-order valence-corrected chi connectivity index (χ3v) is 7.07. The first-order valence-electron chi connectivity index (χ1n) is 12.2. The van der Waals surface area contributed by atoms with Crippen molar-refractivity contribution in [3.8, 4) is 0 Å². The van der Waals surface area contributed by atoms with Gasteiger partial charge in [0.05, 0.1) is 6.26 Å². The van der Waals surface area contributed by atoms with E-state index in [4.69, 9.17) is 12.8 Å². The van der Waals surface area contributed by atoms with Crippen LogP contribution in [0.3, 0.4) is 0 Å². The summed E-state index contributed by atoms with van der Waals surface area (Å²) < 4.78 is 22.7. The van der Waals surface area contributed by atoms with Crippen LogP contribution in [0.25, 0.3) is 11.1 Å². The summed E-state index contributed by atoms with van der Waals surface area (Å²) in [6.45, 7) is 7.04. The van der Waals surface area contributed by atoms with Crippen LogP contribution in [0.5, 0.6) is 0 Å². The van der Waals surface area contributed by atoms with Gasteiger partial charge in [-0.15, -0.1) is 0 Å². The van der Waals surface area contributed by atoms with Gasteiger partial charge in [-0.1, -0.05) is 24.6 Å². The van der Waals surface area contributed by atoms with Crippen LogP contribution in [0.4, 0.5) is 17.5 Å². The van der Waals surface area contributed by atoms with Crippen molar-refractivity contribution in [3.63, 3.8) is 0 Å². The first-order valence-corrected chi connectivity index (χ1v) is 12.9. The first kappa shape index (κ1) is 24.1. The molecule has 1 saturated heterocycles. The predicted octanol–water partition coefficient (Wildman–Crippen LogP) is 4.29. The van der Waals surface area contributed by atoms with Crippen molar-refractivity contribution in [1.29, 1.82) is 0 Å². The molecule has 1 aromatic carbocycles. The van der Waals surface area contributed by atoms with E-state index in [1.54, 1.807) is 6.33 Å². The van der Waals surface area contributed by atoms with Crippen LogP contribution < -0.4 is 9.80 Å². The number of rotatable bonds is 4. The molecule has 2 aliphatic rings. The van der Waals surface area contributed by atoms with E-state index in [0.717, 1.165) is 68.2 Å². The fourth-order valence-corrected chi connectivity index (χ4v) is 5.17. The van der Waals surface area contributed by atoms with Gasteiger partial charge in [-0.2, -0.15) is 8.42 Å². The minimum absolute atomic E-state index is 0.411. The SMILES string of the molecule is CCc1cnc(N2CCC(c3coc4c(N5CCc6cc(C)ccc65)ncnc34)CC2)nc1.O=S=O. The number of hydrogen-bond acceptors (Lipinski definition) is 9. The Morgan fingerprint density at radius 3 is 2.53 bits per heavy atom. The Kier molecular flexibility index (Phi) is 7.04. The van der Waals surface area contributed by atoms with Gasteiger partial charge in [0.15, 0.2) is 11.4 Å². The fraction of sp³-hybridized carbons (Fsp3) is 0.385. The third-order valence-electron chi connectivity index (χ3n) is 7.07. The average Bonchev–Trinajstić information content (AvgIpc) is 3.53. The quantitative estimate of drug-likeness (QED) is 0.402. The summed E-state index contributed by atoms with van der Waals surface area (Å²) in [6.07, 6.45) is 11.5. The lowest BCUT2D eigenvalue weighted by Crippen LogP contribution is -2.34. The smallest absolute Gasteiger partial charge is 0.335 e. The number of aromatic nitrogens is 4. The van der Waals surface area contributed by atoms with Crippen LogP contribution in [-0.4, -0.2) is 48.0 Å². The lowest BCUT2D eigenvalue weighted by atomic mass is 9.90. The molecule has 3 aromatic heterocycles. The Labute approximate surface area is 213 Å². The summed E-state index contributed by atoms with van der Waals surface area (Å²) in [5.41, 5.74) is 7.99. The summed E-state index contributed by atoms with van der Waals surface area (Å²) in [7, 11) is 0. The number of hydrogen-bond donors (Lipinski definition) is 0. The van der Waals surface area contributed by atoms with Crippen LogP contribution in [0, 0.1) is 6.92 Å². The molecule has 4 aromatic rings. The minimum atomic E-state index is -0.750. The number of anilines is 3. The molecule has 0 aliphatic carbocycles. The van der Waals surface area contributed by atoms with E-state index >= 15 is 0 Å². The Hall–Kier alpha value is -3.66. The Morgan fingerprint density at radius 1 is 1.06 bits per heavy atom. The monoisotopic (exact) mass is 504 g/mol. The molecule has 1 fully saturated rings. The van der Waals surface area contributed by atoms with Crippen molar-refractivity contribution in [2.24, 2.45) is 0 Å². The van der Waals surface area contributed by atoms with Crippen LogP contribution in [0.15, 0.2) is 47.6 Å². The number of furan rings is 1. The molecule has 0 spiro atoms. The molecule has 5 heterocycles. The zero-order valence-corrected chi connectivity index (χ0v) is 21.2. The van der Waals surface area contributed by atoms with Gasteiger partial charge in [0.1, 0.15) is 11.8 Å². The van der Waals surface area contributed by atoms with Gasteiger partial charge in [0.25, 0.3) is 0 Å². The third kappa shape index (κ3) is 4.60. The molecule has 0 bridgehead atoms. The molecule has 36 heavy (non-hydrogen) atoms. The second kappa shape index (κ2) is 10.5. The molecule has 0 N–H and O–H groups in total. The summed E-state index contributed by atoms with van der Waals surface area (Å²) in [5, 5.41) is 0. The molecule has 186 valence electrons. The van der Waals surface area contributed by atoms with E-state index in [1.807, 2.05) is 18.7 Å². The largest absolute Gasteiger partial charge is 0.458 e. The normalized spacial score (nSPS) is 15.5. The highest BCUT2D eigenvalue weighted by Crippen LogP contribution is 2.40. The van der Waals surface area contributed by atoms with Gasteiger partial charge in [0, 0.05) is 43.3 Å². The topological polar surface area (TPSA) is 105 Å². The summed E-state index contributed by atoms with van der Waals surface area (Å²) >= 11 is -0.750. The Morgan fingerprint density at radius 2 is 1.81 bits per heavy atom. The lowest BCUT2D eigenvalue weighted by Gasteiger charge is -2.31. The van der Waals surface area contributed by atoms with E-state index in [1.165, 1.54) is 27.9 Å². The minimum Gasteiger partial charge on any atom is -0.458 e. The number of nitrogens with zero attached hydrogens (tertiary/aromatic N) is 6. The first-order chi connectivity index (χ1) is 17.6. The van der Waals surface area contributed by atoms with E-state index < -0.39 is 11.6 Å². The van der Waals surface area contributed by atoms with Gasteiger partial charge < -0.3 is 14.2 Å². The van der Waals surface area contributed by atoms with Crippen molar-refractivity contribution in [3.05, 3.63) is 65.4 Å². The van der Waals surface area contributed by atoms with Crippen LogP contribution in [-0.2, 0) is 24.4 Å². The number of benzene rings is 1. The van der Waals surface area contributed by atoms with Crippen LogP contribution in [0.2, 0.25) is 0 Å². The molecule has 10 heteroatoms.